The van der Waals surface area contributed by atoms with Crippen LogP contribution in [0.3, 0.4) is 0 Å². The number of carbonyl (C=O) groups excluding carboxylic acids is 2. The van der Waals surface area contributed by atoms with E-state index in [9.17, 15) is 18.4 Å². The molecule has 2 aromatic rings. The molecule has 1 saturated carbocycles. The quantitative estimate of drug-likeness (QED) is 0.690. The molecule has 1 atom stereocenters. The van der Waals surface area contributed by atoms with Crippen LogP contribution in [0.5, 0.6) is 0 Å². The van der Waals surface area contributed by atoms with Crippen LogP contribution in [0, 0.1) is 11.6 Å². The number of benzene rings is 2. The fraction of sp³-hybridized carbons (Fsp3) is 0.391. The van der Waals surface area contributed by atoms with E-state index in [-0.39, 0.29) is 41.1 Å². The van der Waals surface area contributed by atoms with E-state index in [1.807, 2.05) is 0 Å². The van der Waals surface area contributed by atoms with Crippen LogP contribution in [-0.4, -0.2) is 28.8 Å². The molecule has 1 aliphatic rings. The minimum absolute atomic E-state index is 0.0612. The molecule has 3 rings (SSSR count). The molecule has 7 heteroatoms. The van der Waals surface area contributed by atoms with Gasteiger partial charge in [-0.3, -0.25) is 9.59 Å². The van der Waals surface area contributed by atoms with Gasteiger partial charge in [0.05, 0.1) is 6.42 Å². The molecule has 4 nitrogen and oxygen atoms in total. The first kappa shape index (κ1) is 22.2. The molecule has 0 unspecified atom stereocenters. The molecular weight excluding hydrogens is 410 g/mol. The van der Waals surface area contributed by atoms with Gasteiger partial charge < -0.3 is 10.2 Å². The first-order valence-corrected chi connectivity index (χ1v) is 10.5. The molecule has 0 saturated heterocycles. The van der Waals surface area contributed by atoms with E-state index in [4.69, 9.17) is 11.6 Å². The van der Waals surface area contributed by atoms with E-state index < -0.39 is 23.6 Å². The van der Waals surface area contributed by atoms with E-state index in [2.05, 4.69) is 5.32 Å². The van der Waals surface area contributed by atoms with Gasteiger partial charge in [0.2, 0.25) is 11.8 Å². The summed E-state index contributed by atoms with van der Waals surface area (Å²) >= 11 is 6.07. The number of carbonyl (C=O) groups is 2. The summed E-state index contributed by atoms with van der Waals surface area (Å²) in [5.74, 6) is -1.86. The number of nitrogens with one attached hydrogen (secondary N) is 1. The number of halogens is 3. The lowest BCUT2D eigenvalue weighted by Gasteiger charge is -2.30. The highest BCUT2D eigenvalue weighted by atomic mass is 35.5. The summed E-state index contributed by atoms with van der Waals surface area (Å²) in [5.41, 5.74) is 0.345. The van der Waals surface area contributed by atoms with E-state index in [1.165, 1.54) is 29.2 Å². The van der Waals surface area contributed by atoms with Crippen LogP contribution in [0.15, 0.2) is 42.5 Å². The first-order valence-electron chi connectivity index (χ1n) is 10.1. The highest BCUT2D eigenvalue weighted by Crippen LogP contribution is 2.22. The van der Waals surface area contributed by atoms with Gasteiger partial charge >= 0.3 is 0 Å². The van der Waals surface area contributed by atoms with Crippen molar-refractivity contribution >= 4 is 23.4 Å². The van der Waals surface area contributed by atoms with Gasteiger partial charge in [0.15, 0.2) is 0 Å². The summed E-state index contributed by atoms with van der Waals surface area (Å²) in [6.45, 7) is 1.50. The van der Waals surface area contributed by atoms with Crippen molar-refractivity contribution in [2.75, 3.05) is 0 Å². The van der Waals surface area contributed by atoms with Gasteiger partial charge in [-0.15, -0.1) is 0 Å². The second-order valence-corrected chi connectivity index (χ2v) is 8.06. The highest BCUT2D eigenvalue weighted by Gasteiger charge is 2.29. The summed E-state index contributed by atoms with van der Waals surface area (Å²) in [5, 5.41) is 3.11. The minimum Gasteiger partial charge on any atom is -0.352 e. The molecule has 1 aliphatic carbocycles. The van der Waals surface area contributed by atoms with E-state index in [0.717, 1.165) is 25.7 Å². The van der Waals surface area contributed by atoms with Gasteiger partial charge in [0, 0.05) is 28.7 Å². The second-order valence-electron chi connectivity index (χ2n) is 7.66. The van der Waals surface area contributed by atoms with Crippen molar-refractivity contribution in [1.29, 1.82) is 0 Å². The Kier molecular flexibility index (Phi) is 7.43. The van der Waals surface area contributed by atoms with Gasteiger partial charge in [-0.1, -0.05) is 48.7 Å². The van der Waals surface area contributed by atoms with Crippen LogP contribution in [0.2, 0.25) is 5.02 Å². The highest BCUT2D eigenvalue weighted by molar-refractivity contribution is 6.31. The van der Waals surface area contributed by atoms with E-state index in [0.29, 0.717) is 0 Å². The summed E-state index contributed by atoms with van der Waals surface area (Å²) in [6.07, 6.45) is 3.61. The predicted molar refractivity (Wildman–Crippen MR) is 112 cm³/mol. The minimum atomic E-state index is -0.844. The first-order chi connectivity index (χ1) is 14.4. The molecule has 0 aromatic heterocycles. The topological polar surface area (TPSA) is 49.4 Å². The van der Waals surface area contributed by atoms with Crippen molar-refractivity contribution in [1.82, 2.24) is 10.2 Å². The SMILES string of the molecule is C[C@@H](C(=O)NC1CCCC1)N(Cc1ccccc1F)C(=O)Cc1c(F)cccc1Cl. The molecule has 0 spiro atoms. The number of amides is 2. The summed E-state index contributed by atoms with van der Waals surface area (Å²) in [4.78, 5) is 27.2. The van der Waals surface area contributed by atoms with Crippen molar-refractivity contribution in [2.24, 2.45) is 0 Å². The van der Waals surface area contributed by atoms with Crippen molar-refractivity contribution in [3.63, 3.8) is 0 Å². The molecule has 2 aromatic carbocycles. The van der Waals surface area contributed by atoms with Crippen LogP contribution in [0.4, 0.5) is 8.78 Å². The van der Waals surface area contributed by atoms with Crippen LogP contribution in [0.1, 0.15) is 43.7 Å². The Labute approximate surface area is 180 Å². The maximum absolute atomic E-state index is 14.2. The van der Waals surface area contributed by atoms with Crippen molar-refractivity contribution in [3.8, 4) is 0 Å². The lowest BCUT2D eigenvalue weighted by atomic mass is 10.1. The largest absolute Gasteiger partial charge is 0.352 e. The normalized spacial score (nSPS) is 15.1. The standard InChI is InChI=1S/C23H25ClF2N2O2/c1-15(23(30)27-17-8-3-4-9-17)28(14-16-7-2-5-11-20(16)25)22(29)13-18-19(24)10-6-12-21(18)26/h2,5-7,10-12,15,17H,3-4,8-9,13-14H2,1H3,(H,27,30)/t15-/m0/s1. The van der Waals surface area contributed by atoms with Gasteiger partial charge in [-0.25, -0.2) is 8.78 Å². The van der Waals surface area contributed by atoms with Gasteiger partial charge in [-0.2, -0.15) is 0 Å². The third kappa shape index (κ3) is 5.36. The summed E-state index contributed by atoms with van der Waals surface area (Å²) in [7, 11) is 0. The molecule has 1 N–H and O–H groups in total. The second kappa shape index (κ2) is 10.0. The average Bonchev–Trinajstić information content (AvgIpc) is 3.22. The van der Waals surface area contributed by atoms with Gasteiger partial charge in [0.1, 0.15) is 17.7 Å². The number of nitrogens with zero attached hydrogens (tertiary/aromatic N) is 1. The predicted octanol–water partition coefficient (Wildman–Crippen LogP) is 4.64. The van der Waals surface area contributed by atoms with Gasteiger partial charge in [0.25, 0.3) is 0 Å². The fourth-order valence-corrected chi connectivity index (χ4v) is 3.97. The van der Waals surface area contributed by atoms with Gasteiger partial charge in [-0.05, 0) is 38.0 Å². The molecule has 30 heavy (non-hydrogen) atoms. The third-order valence-corrected chi connectivity index (χ3v) is 5.91. The molecule has 2 amide bonds. The fourth-order valence-electron chi connectivity index (χ4n) is 3.74. The maximum Gasteiger partial charge on any atom is 0.242 e. The monoisotopic (exact) mass is 434 g/mol. The van der Waals surface area contributed by atoms with Crippen molar-refractivity contribution in [3.05, 3.63) is 70.2 Å². The Balaban J connectivity index is 1.83. The molecule has 0 heterocycles. The Morgan fingerprint density at radius 2 is 1.77 bits per heavy atom. The molecule has 0 bridgehead atoms. The number of hydrogen-bond donors (Lipinski definition) is 1. The van der Waals surface area contributed by atoms with Crippen molar-refractivity contribution < 1.29 is 18.4 Å². The number of rotatable bonds is 7. The third-order valence-electron chi connectivity index (χ3n) is 5.56. The average molecular weight is 435 g/mol. The zero-order valence-electron chi connectivity index (χ0n) is 16.8. The Morgan fingerprint density at radius 3 is 2.43 bits per heavy atom. The van der Waals surface area contributed by atoms with Crippen LogP contribution < -0.4 is 5.32 Å². The van der Waals surface area contributed by atoms with Crippen LogP contribution >= 0.6 is 11.6 Å². The Morgan fingerprint density at radius 1 is 1.10 bits per heavy atom. The molecule has 0 aliphatic heterocycles. The molecule has 160 valence electrons. The van der Waals surface area contributed by atoms with Crippen LogP contribution in [0.25, 0.3) is 0 Å². The molecule has 1 fully saturated rings. The lowest BCUT2D eigenvalue weighted by molar-refractivity contribution is -0.140. The maximum atomic E-state index is 14.2. The van der Waals surface area contributed by atoms with E-state index >= 15 is 0 Å². The molecule has 0 radical (unpaired) electrons. The zero-order valence-corrected chi connectivity index (χ0v) is 17.6. The number of hydrogen-bond acceptors (Lipinski definition) is 2. The Hall–Kier alpha value is -2.47. The van der Waals surface area contributed by atoms with E-state index in [1.54, 1.807) is 25.1 Å². The lowest BCUT2D eigenvalue weighted by Crippen LogP contribution is -2.50. The summed E-state index contributed by atoms with van der Waals surface area (Å²) in [6, 6.07) is 9.52. The van der Waals surface area contributed by atoms with Crippen molar-refractivity contribution in [2.45, 2.75) is 57.7 Å². The van der Waals surface area contributed by atoms with Crippen LogP contribution in [-0.2, 0) is 22.6 Å². The summed E-state index contributed by atoms with van der Waals surface area (Å²) < 4.78 is 28.4. The Bertz CT molecular complexity index is 896. The smallest absolute Gasteiger partial charge is 0.242 e. The zero-order chi connectivity index (χ0) is 21.7. The molecular formula is C23H25ClF2N2O2.